The number of aliphatic imine (C=N–C) groups is 1. The van der Waals surface area contributed by atoms with Crippen LogP contribution in [0.1, 0.15) is 115 Å². The number of amidine groups is 1. The lowest BCUT2D eigenvalue weighted by Gasteiger charge is -2.25. The van der Waals surface area contributed by atoms with Crippen molar-refractivity contribution in [2.24, 2.45) is 4.99 Å². The topological polar surface area (TPSA) is 125 Å². The van der Waals surface area contributed by atoms with Crippen LogP contribution >= 0.6 is 15.9 Å². The Kier molecular flexibility index (Phi) is 18.4. The second-order valence-corrected chi connectivity index (χ2v) is 16.2. The molecular formula is C40H53BrF4N4O4S. The van der Waals surface area contributed by atoms with Crippen molar-refractivity contribution in [3.05, 3.63) is 88.6 Å². The zero-order valence-electron chi connectivity index (χ0n) is 30.9. The second kappa shape index (κ2) is 22.2. The van der Waals surface area contributed by atoms with E-state index in [1.165, 1.54) is 120 Å². The van der Waals surface area contributed by atoms with Gasteiger partial charge in [-0.15, -0.1) is 0 Å². The molecule has 1 unspecified atom stereocenters. The molecule has 1 aliphatic rings. The number of aliphatic hydroxyl groups is 1. The first-order valence-electron chi connectivity index (χ1n) is 18.7. The number of unbranched alkanes of at least 4 members (excludes halogenated alkanes) is 14. The van der Waals surface area contributed by atoms with E-state index in [0.29, 0.717) is 11.3 Å². The van der Waals surface area contributed by atoms with Crippen molar-refractivity contribution in [3.8, 4) is 0 Å². The van der Waals surface area contributed by atoms with Gasteiger partial charge in [-0.2, -0.15) is 13.2 Å². The van der Waals surface area contributed by atoms with Gasteiger partial charge in [-0.25, -0.2) is 22.5 Å². The lowest BCUT2D eigenvalue weighted by molar-refractivity contribution is -0.249. The van der Waals surface area contributed by atoms with Gasteiger partial charge in [0.2, 0.25) is 5.91 Å². The Morgan fingerprint density at radius 3 is 1.87 bits per heavy atom. The van der Waals surface area contributed by atoms with Gasteiger partial charge >= 0.3 is 6.18 Å². The predicted octanol–water partition coefficient (Wildman–Crippen LogP) is 10.4. The largest absolute Gasteiger partial charge is 0.440 e. The number of carbonyl (C=O) groups is 1. The average molecular weight is 842 g/mol. The molecule has 0 saturated carbocycles. The van der Waals surface area contributed by atoms with Gasteiger partial charge < -0.3 is 15.7 Å². The van der Waals surface area contributed by atoms with Crippen LogP contribution in [0.25, 0.3) is 0 Å². The molecule has 3 aromatic carbocycles. The van der Waals surface area contributed by atoms with Gasteiger partial charge in [0, 0.05) is 27.8 Å². The van der Waals surface area contributed by atoms with Gasteiger partial charge in [0.05, 0.1) is 11.4 Å². The first-order chi connectivity index (χ1) is 25.6. The van der Waals surface area contributed by atoms with Crippen molar-refractivity contribution < 1.29 is 35.9 Å². The van der Waals surface area contributed by atoms with Crippen molar-refractivity contribution in [1.29, 1.82) is 0 Å². The molecule has 1 aliphatic heterocycles. The SMILES string of the molecule is CCCCCCCCCCCCCCCCCC(=O)NS(=O)(=O)c1ccc(N)cc1.OC1(C(F)(F)F)CN(c2cccc(F)c2)C(c2ccc(Br)cc2)=N1. The Morgan fingerprint density at radius 2 is 1.37 bits per heavy atom. The van der Waals surface area contributed by atoms with Crippen LogP contribution in [0, 0.1) is 5.82 Å². The summed E-state index contributed by atoms with van der Waals surface area (Å²) in [6.45, 7) is 1.42. The Morgan fingerprint density at radius 1 is 0.852 bits per heavy atom. The number of hydrogen-bond acceptors (Lipinski definition) is 7. The van der Waals surface area contributed by atoms with Crippen LogP contribution < -0.4 is 15.4 Å². The summed E-state index contributed by atoms with van der Waals surface area (Å²) in [5.74, 6) is -1.11. The van der Waals surface area contributed by atoms with Gasteiger partial charge in [-0.3, -0.25) is 4.79 Å². The molecule has 0 bridgehead atoms. The minimum Gasteiger partial charge on any atom is -0.399 e. The maximum atomic E-state index is 13.5. The summed E-state index contributed by atoms with van der Waals surface area (Å²) in [7, 11) is -3.80. The maximum Gasteiger partial charge on any atom is 0.440 e. The number of nitrogens with one attached hydrogen (secondary N) is 1. The Hall–Kier alpha value is -3.49. The summed E-state index contributed by atoms with van der Waals surface area (Å²) in [5.41, 5.74) is 3.35. The average Bonchev–Trinajstić information content (AvgIpc) is 3.49. The summed E-state index contributed by atoms with van der Waals surface area (Å²) in [6, 6.07) is 17.4. The zero-order valence-corrected chi connectivity index (χ0v) is 33.3. The third kappa shape index (κ3) is 15.0. The molecule has 1 atom stereocenters. The van der Waals surface area contributed by atoms with E-state index in [2.05, 4.69) is 32.6 Å². The van der Waals surface area contributed by atoms with Crippen molar-refractivity contribution in [1.82, 2.24) is 4.72 Å². The highest BCUT2D eigenvalue weighted by molar-refractivity contribution is 9.10. The second-order valence-electron chi connectivity index (χ2n) is 13.6. The third-order valence-corrected chi connectivity index (χ3v) is 11.0. The van der Waals surface area contributed by atoms with Crippen molar-refractivity contribution in [3.63, 3.8) is 0 Å². The lowest BCUT2D eigenvalue weighted by Crippen LogP contribution is -2.47. The first kappa shape index (κ1) is 44.9. The van der Waals surface area contributed by atoms with Crippen LogP contribution in [0.2, 0.25) is 0 Å². The number of halogens is 5. The van der Waals surface area contributed by atoms with Crippen LogP contribution in [0.3, 0.4) is 0 Å². The van der Waals surface area contributed by atoms with Crippen molar-refractivity contribution in [2.45, 2.75) is 126 Å². The summed E-state index contributed by atoms with van der Waals surface area (Å²) >= 11 is 3.25. The molecule has 3 aromatic rings. The standard InChI is InChI=1S/C24H42N2O3S.C16H11BrF4N2O/c1-2-3-4-5-6-7-8-9-10-11-12-13-14-15-16-17-24(27)26-30(28,29)23-20-18-22(25)19-21-23;17-11-6-4-10(5-7-11)14-22-15(24,16(19,20)21)9-23(14)13-3-1-2-12(18)8-13/h18-21H,2-17,25H2,1H3,(H,26,27);1-8,24H,9H2. The number of hydrogen-bond donors (Lipinski definition) is 3. The molecule has 8 nitrogen and oxygen atoms in total. The fraction of sp³-hybridized carbons (Fsp3) is 0.500. The summed E-state index contributed by atoms with van der Waals surface area (Å²) in [5, 5.41) is 9.96. The van der Waals surface area contributed by atoms with E-state index in [-0.39, 0.29) is 22.8 Å². The minimum absolute atomic E-state index is 0.0570. The van der Waals surface area contributed by atoms with Crippen molar-refractivity contribution >= 4 is 49.1 Å². The van der Waals surface area contributed by atoms with Gasteiger partial charge in [0.25, 0.3) is 15.7 Å². The number of rotatable bonds is 20. The number of carbonyl (C=O) groups excluding carboxylic acids is 1. The first-order valence-corrected chi connectivity index (χ1v) is 21.0. The van der Waals surface area contributed by atoms with Gasteiger partial charge in [-0.05, 0) is 61.0 Å². The van der Waals surface area contributed by atoms with Crippen LogP contribution in [0.5, 0.6) is 0 Å². The van der Waals surface area contributed by atoms with E-state index in [4.69, 9.17) is 5.73 Å². The highest BCUT2D eigenvalue weighted by atomic mass is 79.9. The number of sulfonamides is 1. The van der Waals surface area contributed by atoms with Crippen LogP contribution in [0.15, 0.2) is 87.2 Å². The number of amides is 1. The number of nitrogens with zero attached hydrogens (tertiary/aromatic N) is 2. The molecule has 0 aromatic heterocycles. The van der Waals surface area contributed by atoms with Crippen LogP contribution in [-0.2, 0) is 14.8 Å². The molecule has 54 heavy (non-hydrogen) atoms. The molecule has 4 rings (SSSR count). The molecule has 0 spiro atoms. The monoisotopic (exact) mass is 840 g/mol. The van der Waals surface area contributed by atoms with E-state index < -0.39 is 40.2 Å². The predicted molar refractivity (Wildman–Crippen MR) is 211 cm³/mol. The maximum absolute atomic E-state index is 13.5. The molecule has 0 radical (unpaired) electrons. The fourth-order valence-corrected chi connectivity index (χ4v) is 7.24. The number of nitrogen functional groups attached to an aromatic ring is 1. The molecule has 4 N–H and O–H groups in total. The molecule has 298 valence electrons. The van der Waals surface area contributed by atoms with Crippen LogP contribution in [0.4, 0.5) is 28.9 Å². The van der Waals surface area contributed by atoms with E-state index in [0.717, 1.165) is 34.7 Å². The highest BCUT2D eigenvalue weighted by Gasteiger charge is 2.59. The number of β-amino-alcohol motifs (C(OH)–C–C–N with tert-alkyl or cyclic N) is 1. The Balaban J connectivity index is 0.000000296. The Labute approximate surface area is 325 Å². The molecule has 1 amide bonds. The number of benzene rings is 3. The zero-order chi connectivity index (χ0) is 39.6. The molecule has 14 heteroatoms. The normalized spacial score (nSPS) is 15.8. The fourth-order valence-electron chi connectivity index (χ4n) is 5.96. The van der Waals surface area contributed by atoms with E-state index >= 15 is 0 Å². The summed E-state index contributed by atoms with van der Waals surface area (Å²) in [4.78, 5) is 16.6. The van der Waals surface area contributed by atoms with Gasteiger partial charge in [-0.1, -0.05) is 131 Å². The van der Waals surface area contributed by atoms with Crippen molar-refractivity contribution in [2.75, 3.05) is 17.2 Å². The molecule has 0 aliphatic carbocycles. The number of nitrogens with two attached hydrogens (primary N) is 1. The van der Waals surface area contributed by atoms with Crippen LogP contribution in [-0.4, -0.2) is 43.7 Å². The third-order valence-electron chi connectivity index (χ3n) is 9.05. The molecule has 0 saturated heterocycles. The quantitative estimate of drug-likeness (QED) is 0.0591. The molecular weight excluding hydrogens is 788 g/mol. The summed E-state index contributed by atoms with van der Waals surface area (Å²) < 4.78 is 80.2. The van der Waals surface area contributed by atoms with Gasteiger partial charge in [0.1, 0.15) is 11.7 Å². The van der Waals surface area contributed by atoms with E-state index in [1.807, 2.05) is 0 Å². The smallest absolute Gasteiger partial charge is 0.399 e. The summed E-state index contributed by atoms with van der Waals surface area (Å²) in [6.07, 6.45) is 14.2. The van der Waals surface area contributed by atoms with E-state index in [9.17, 15) is 35.9 Å². The Bertz CT molecular complexity index is 1720. The minimum atomic E-state index is -4.95. The number of anilines is 2. The highest BCUT2D eigenvalue weighted by Crippen LogP contribution is 2.39. The molecule has 1 heterocycles. The molecule has 0 fully saturated rings. The lowest BCUT2D eigenvalue weighted by atomic mass is 10.0. The van der Waals surface area contributed by atoms with Gasteiger partial charge in [0.15, 0.2) is 0 Å². The number of alkyl halides is 3. The van der Waals surface area contributed by atoms with E-state index in [1.54, 1.807) is 24.3 Å².